The number of fused-ring (bicyclic) bond motifs is 5. The van der Waals surface area contributed by atoms with E-state index < -0.39 is 0 Å². The third kappa shape index (κ3) is 20.4. The lowest BCUT2D eigenvalue weighted by molar-refractivity contribution is -0.870. The van der Waals surface area contributed by atoms with E-state index in [2.05, 4.69) is 91.1 Å². The van der Waals surface area contributed by atoms with E-state index in [1.807, 2.05) is 0 Å². The molecule has 0 spiro atoms. The van der Waals surface area contributed by atoms with Gasteiger partial charge in [0, 0.05) is 37.0 Å². The number of unbranched alkanes of at least 4 members (excludes halogenated alkanes) is 13. The van der Waals surface area contributed by atoms with Crippen molar-refractivity contribution in [2.24, 2.45) is 46.3 Å². The minimum Gasteiger partial charge on any atom is -0.466 e. The Bertz CT molecular complexity index is 1630. The van der Waals surface area contributed by atoms with Gasteiger partial charge in [0.1, 0.15) is 18.3 Å². The summed E-state index contributed by atoms with van der Waals surface area (Å²) in [6.45, 7) is 12.6. The molecule has 418 valence electrons. The van der Waals surface area contributed by atoms with Crippen molar-refractivity contribution in [2.45, 2.75) is 232 Å². The van der Waals surface area contributed by atoms with Gasteiger partial charge in [-0.1, -0.05) is 111 Å². The molecule has 0 heterocycles. The number of hydrogen-bond acceptors (Lipinski definition) is 8. The number of ether oxygens (including phenoxy) is 4. The Hall–Kier alpha value is -2.24. The summed E-state index contributed by atoms with van der Waals surface area (Å²) >= 11 is 0. The Labute approximate surface area is 442 Å². The van der Waals surface area contributed by atoms with Crippen LogP contribution in [0.1, 0.15) is 214 Å². The number of carbonyl (C=O) groups excluding carboxylic acids is 4. The van der Waals surface area contributed by atoms with E-state index in [0.717, 1.165) is 117 Å². The van der Waals surface area contributed by atoms with Gasteiger partial charge in [0.05, 0.1) is 109 Å². The Kier molecular flexibility index (Phi) is 25.4. The summed E-state index contributed by atoms with van der Waals surface area (Å²) in [5, 5.41) is 0. The largest absolute Gasteiger partial charge is 0.466 e. The lowest BCUT2D eigenvalue weighted by Crippen LogP contribution is -2.63. The molecule has 0 aromatic carbocycles. The smallest absolute Gasteiger partial charge is 0.306 e. The Morgan fingerprint density at radius 2 is 1.01 bits per heavy atom. The van der Waals surface area contributed by atoms with Crippen LogP contribution in [0.5, 0.6) is 0 Å². The summed E-state index contributed by atoms with van der Waals surface area (Å²) in [5.74, 6) is 0.735. The predicted molar refractivity (Wildman–Crippen MR) is 292 cm³/mol. The van der Waals surface area contributed by atoms with E-state index in [-0.39, 0.29) is 88.5 Å². The average molecular weight is 1020 g/mol. The molecule has 4 saturated carbocycles. The highest BCUT2D eigenvalue weighted by molar-refractivity contribution is 5.70. The van der Waals surface area contributed by atoms with Crippen molar-refractivity contribution >= 4 is 23.9 Å². The summed E-state index contributed by atoms with van der Waals surface area (Å²) in [7, 11) is 19.4. The number of hydrogen-bond donors (Lipinski definition) is 0. The maximum absolute atomic E-state index is 14.1. The highest BCUT2D eigenvalue weighted by Gasteiger charge is 2.68. The van der Waals surface area contributed by atoms with Crippen LogP contribution in [0.25, 0.3) is 0 Å². The number of esters is 4. The van der Waals surface area contributed by atoms with Crippen molar-refractivity contribution in [1.82, 2.24) is 0 Å². The zero-order valence-electron chi connectivity index (χ0n) is 49.1. The fourth-order valence-corrected chi connectivity index (χ4v) is 14.4. The van der Waals surface area contributed by atoms with Crippen LogP contribution in [0.4, 0.5) is 0 Å². The monoisotopic (exact) mass is 1020 g/mol. The Balaban J connectivity index is 1.45. The van der Waals surface area contributed by atoms with Gasteiger partial charge in [0.15, 0.2) is 0 Å². The molecule has 4 aliphatic carbocycles. The first-order valence-corrected chi connectivity index (χ1v) is 30.0. The van der Waals surface area contributed by atoms with Gasteiger partial charge in [-0.3, -0.25) is 19.2 Å². The van der Waals surface area contributed by atoms with Crippen LogP contribution in [0.15, 0.2) is 0 Å². The fourth-order valence-electron chi connectivity index (χ4n) is 14.4. The van der Waals surface area contributed by atoms with E-state index in [9.17, 15) is 19.2 Å². The molecule has 0 bridgehead atoms. The standard InChI is InChI=1S/C61H114N3O8/c1-14-15-16-17-18-19-20-21-22-23-24-25-26-27-43-69-55(65)37-34-47(2)50-35-36-51-59-52(46-54(61(50,51)4)72-58(68)33-30-42-64(11,12)13)60(3)39-38-49(70-56(66)31-28-40-62(5,6)7)44-48(60)45-53(59)71-57(67)32-29-41-63(8,9)10/h47-54,59H,14-46H2,1-13H3/q+3/t47-,48+,49-,50-,51+,52+,53-,54+,59+,60+,61-/m1/s1. The molecule has 0 saturated heterocycles. The van der Waals surface area contributed by atoms with Crippen molar-refractivity contribution in [3.63, 3.8) is 0 Å². The highest BCUT2D eigenvalue weighted by atomic mass is 16.6. The zero-order valence-corrected chi connectivity index (χ0v) is 49.1. The number of nitrogens with zero attached hydrogens (tertiary/aromatic N) is 3. The van der Waals surface area contributed by atoms with Crippen LogP contribution in [0, 0.1) is 46.3 Å². The zero-order chi connectivity index (χ0) is 53.2. The fraction of sp³-hybridized carbons (Fsp3) is 0.934. The normalized spacial score (nSPS) is 28.8. The maximum atomic E-state index is 14.1. The van der Waals surface area contributed by atoms with Gasteiger partial charge < -0.3 is 32.4 Å². The van der Waals surface area contributed by atoms with E-state index in [1.54, 1.807) is 0 Å². The van der Waals surface area contributed by atoms with Crippen molar-refractivity contribution in [1.29, 1.82) is 0 Å². The van der Waals surface area contributed by atoms with Crippen molar-refractivity contribution < 1.29 is 51.6 Å². The first-order valence-electron chi connectivity index (χ1n) is 30.0. The quantitative estimate of drug-likeness (QED) is 0.0272. The molecule has 11 nitrogen and oxygen atoms in total. The molecule has 0 N–H and O–H groups in total. The number of rotatable bonds is 34. The molecule has 0 unspecified atom stereocenters. The molecule has 0 aliphatic heterocycles. The molecule has 0 radical (unpaired) electrons. The summed E-state index contributed by atoms with van der Waals surface area (Å²) < 4.78 is 28.1. The molecule has 4 aliphatic rings. The average Bonchev–Trinajstić information content (AvgIpc) is 3.64. The molecular weight excluding hydrogens is 903 g/mol. The van der Waals surface area contributed by atoms with Gasteiger partial charge in [-0.05, 0) is 92.8 Å². The van der Waals surface area contributed by atoms with Gasteiger partial charge in [-0.25, -0.2) is 0 Å². The molecule has 0 aromatic rings. The second-order valence-electron chi connectivity index (χ2n) is 27.6. The van der Waals surface area contributed by atoms with Crippen LogP contribution in [0.3, 0.4) is 0 Å². The topological polar surface area (TPSA) is 105 Å². The molecule has 11 heteroatoms. The van der Waals surface area contributed by atoms with Crippen LogP contribution in [-0.2, 0) is 38.1 Å². The Morgan fingerprint density at radius 3 is 1.53 bits per heavy atom. The molecule has 4 fully saturated rings. The predicted octanol–water partition coefficient (Wildman–Crippen LogP) is 12.5. The van der Waals surface area contributed by atoms with Crippen LogP contribution in [-0.4, -0.2) is 145 Å². The molecular formula is C61H114N3O8+3. The highest BCUT2D eigenvalue weighted by Crippen LogP contribution is 2.69. The second kappa shape index (κ2) is 29.3. The molecule has 72 heavy (non-hydrogen) atoms. The van der Waals surface area contributed by atoms with Crippen LogP contribution >= 0.6 is 0 Å². The Morgan fingerprint density at radius 1 is 0.528 bits per heavy atom. The van der Waals surface area contributed by atoms with Gasteiger partial charge in [0.2, 0.25) is 0 Å². The summed E-state index contributed by atoms with van der Waals surface area (Å²) in [5.41, 5.74) is -0.426. The molecule has 0 amide bonds. The van der Waals surface area contributed by atoms with Gasteiger partial charge in [-0.2, -0.15) is 0 Å². The van der Waals surface area contributed by atoms with Crippen LogP contribution < -0.4 is 0 Å². The summed E-state index contributed by atoms with van der Waals surface area (Å²) in [6.07, 6.45) is 28.2. The SMILES string of the molecule is CCCCCCCCCCCCCCCCOC(=O)CC[C@@H](C)[C@H]1CC[C@H]2[C@@H]3[C@H](OC(=O)CCC[N+](C)(C)C)C[C@@H]4C[C@H](OC(=O)CCC[N+](C)(C)C)CC[C@]4(C)[C@H]3C[C@H](OC(=O)CCC[N+](C)(C)C)[C@]12C. The maximum Gasteiger partial charge on any atom is 0.306 e. The minimum absolute atomic E-state index is 0.0833. The number of quaternary nitrogens is 3. The molecule has 0 aromatic heterocycles. The van der Waals surface area contributed by atoms with Crippen molar-refractivity contribution in [3.8, 4) is 0 Å². The van der Waals surface area contributed by atoms with E-state index in [1.165, 1.54) is 77.0 Å². The first kappa shape index (κ1) is 62.3. The summed E-state index contributed by atoms with van der Waals surface area (Å²) in [4.78, 5) is 54.5. The summed E-state index contributed by atoms with van der Waals surface area (Å²) in [6, 6.07) is 0. The lowest BCUT2D eigenvalue weighted by Gasteiger charge is -2.64. The molecule has 4 rings (SSSR count). The lowest BCUT2D eigenvalue weighted by atomic mass is 9.43. The van der Waals surface area contributed by atoms with Crippen LogP contribution in [0.2, 0.25) is 0 Å². The van der Waals surface area contributed by atoms with Crippen molar-refractivity contribution in [2.75, 3.05) is 89.7 Å². The number of carbonyl (C=O) groups is 4. The third-order valence-electron chi connectivity index (χ3n) is 18.5. The first-order chi connectivity index (χ1) is 33.9. The second-order valence-corrected chi connectivity index (χ2v) is 27.6. The third-order valence-corrected chi connectivity index (χ3v) is 18.5. The molecule has 11 atom stereocenters. The van der Waals surface area contributed by atoms with E-state index in [4.69, 9.17) is 18.9 Å². The van der Waals surface area contributed by atoms with E-state index in [0.29, 0.717) is 32.3 Å². The van der Waals surface area contributed by atoms with Crippen molar-refractivity contribution in [3.05, 3.63) is 0 Å². The van der Waals surface area contributed by atoms with Gasteiger partial charge >= 0.3 is 23.9 Å². The van der Waals surface area contributed by atoms with Gasteiger partial charge in [-0.15, -0.1) is 0 Å². The van der Waals surface area contributed by atoms with Gasteiger partial charge in [0.25, 0.3) is 0 Å². The van der Waals surface area contributed by atoms with E-state index >= 15 is 0 Å². The minimum atomic E-state index is -0.343.